The predicted octanol–water partition coefficient (Wildman–Crippen LogP) is 2.94. The first kappa shape index (κ1) is 17.3. The van der Waals surface area contributed by atoms with E-state index in [0.29, 0.717) is 17.9 Å². The van der Waals surface area contributed by atoms with E-state index in [-0.39, 0.29) is 24.1 Å². The van der Waals surface area contributed by atoms with Crippen molar-refractivity contribution in [3.05, 3.63) is 23.8 Å². The Hall–Kier alpha value is -2.50. The van der Waals surface area contributed by atoms with Crippen LogP contribution in [0.5, 0.6) is 11.5 Å². The minimum absolute atomic E-state index is 0.121. The van der Waals surface area contributed by atoms with E-state index in [0.717, 1.165) is 30.6 Å². The summed E-state index contributed by atoms with van der Waals surface area (Å²) in [7, 11) is 2.03. The number of anilines is 1. The van der Waals surface area contributed by atoms with E-state index >= 15 is 0 Å². The van der Waals surface area contributed by atoms with Crippen molar-refractivity contribution in [3.63, 3.8) is 0 Å². The summed E-state index contributed by atoms with van der Waals surface area (Å²) in [6, 6.07) is 3.70. The van der Waals surface area contributed by atoms with Crippen LogP contribution >= 0.6 is 0 Å². The van der Waals surface area contributed by atoms with Gasteiger partial charge in [0.25, 0.3) is 0 Å². The van der Waals surface area contributed by atoms with Crippen LogP contribution in [0.2, 0.25) is 0 Å². The molecule has 0 aromatic heterocycles. The van der Waals surface area contributed by atoms with Gasteiger partial charge in [-0.1, -0.05) is 0 Å². The van der Waals surface area contributed by atoms with Gasteiger partial charge in [-0.05, 0) is 37.1 Å². The van der Waals surface area contributed by atoms with Gasteiger partial charge in [0.1, 0.15) is 12.2 Å². The van der Waals surface area contributed by atoms with Crippen molar-refractivity contribution >= 4 is 23.7 Å². The van der Waals surface area contributed by atoms with Crippen molar-refractivity contribution in [2.24, 2.45) is 0 Å². The van der Waals surface area contributed by atoms with Crippen LogP contribution in [0.1, 0.15) is 38.7 Å². The smallest absolute Gasteiger partial charge is 0.308 e. The third-order valence-electron chi connectivity index (χ3n) is 4.40. The van der Waals surface area contributed by atoms with Crippen LogP contribution in [0, 0.1) is 0 Å². The number of rotatable bonds is 2. The summed E-state index contributed by atoms with van der Waals surface area (Å²) in [5, 5.41) is 0. The van der Waals surface area contributed by atoms with Crippen LogP contribution in [0.3, 0.4) is 0 Å². The Morgan fingerprint density at radius 1 is 1.24 bits per heavy atom. The fourth-order valence-corrected chi connectivity index (χ4v) is 3.33. The molecule has 25 heavy (non-hydrogen) atoms. The van der Waals surface area contributed by atoms with Gasteiger partial charge in [-0.3, -0.25) is 9.59 Å². The standard InChI is InChI=1S/C19H23NO5/c1-12(21)23-15-6-7-16-17-8-9-18(24-13(2)22)19(16)25-14(11-15)5-4-10-20(17)3/h6-9,14-15H,4-5,10-11H2,1-3H3/t14-,15+/m1/s1. The number of carbonyl (C=O) groups is 2. The van der Waals surface area contributed by atoms with Gasteiger partial charge >= 0.3 is 11.9 Å². The number of fused-ring (bicyclic) bond motifs is 1. The van der Waals surface area contributed by atoms with E-state index in [1.54, 1.807) is 6.07 Å². The lowest BCUT2D eigenvalue weighted by Crippen LogP contribution is -2.27. The van der Waals surface area contributed by atoms with Crippen molar-refractivity contribution in [3.8, 4) is 11.5 Å². The van der Waals surface area contributed by atoms with Crippen molar-refractivity contribution in [1.82, 2.24) is 0 Å². The summed E-state index contributed by atoms with van der Waals surface area (Å²) >= 11 is 0. The molecule has 2 heterocycles. The van der Waals surface area contributed by atoms with Crippen LogP contribution in [0.15, 0.2) is 18.2 Å². The molecular formula is C19H23NO5. The minimum atomic E-state index is -0.387. The lowest BCUT2D eigenvalue weighted by molar-refractivity contribution is -0.145. The van der Waals surface area contributed by atoms with Crippen LogP contribution < -0.4 is 14.4 Å². The largest absolute Gasteiger partial charge is 0.486 e. The van der Waals surface area contributed by atoms with Crippen LogP contribution in [-0.2, 0) is 14.3 Å². The SMILES string of the molecule is CC(=O)Oc1ccc2c3c1O[C@H](CCCN2C)C[C@@H](OC(C)=O)C=C3. The molecule has 0 saturated heterocycles. The summed E-state index contributed by atoms with van der Waals surface area (Å²) in [4.78, 5) is 25.0. The lowest BCUT2D eigenvalue weighted by Gasteiger charge is -2.27. The molecule has 0 saturated carbocycles. The predicted molar refractivity (Wildman–Crippen MR) is 93.9 cm³/mol. The lowest BCUT2D eigenvalue weighted by atomic mass is 10.0. The van der Waals surface area contributed by atoms with E-state index in [2.05, 4.69) is 4.90 Å². The topological polar surface area (TPSA) is 65.1 Å². The molecular weight excluding hydrogens is 322 g/mol. The number of benzene rings is 1. The molecule has 2 aliphatic rings. The molecule has 6 heteroatoms. The third kappa shape index (κ3) is 3.95. The number of carbonyl (C=O) groups excluding carboxylic acids is 2. The van der Waals surface area contributed by atoms with Gasteiger partial charge in [-0.25, -0.2) is 0 Å². The maximum atomic E-state index is 11.4. The second-order valence-electron chi connectivity index (χ2n) is 6.47. The zero-order valence-electron chi connectivity index (χ0n) is 14.8. The Morgan fingerprint density at radius 2 is 2.04 bits per heavy atom. The van der Waals surface area contributed by atoms with Gasteiger partial charge in [0.15, 0.2) is 11.5 Å². The zero-order valence-corrected chi connectivity index (χ0v) is 14.8. The van der Waals surface area contributed by atoms with E-state index in [1.165, 1.54) is 13.8 Å². The molecule has 2 aliphatic heterocycles. The molecule has 0 radical (unpaired) electrons. The average molecular weight is 345 g/mol. The molecule has 0 aliphatic carbocycles. The Labute approximate surface area is 147 Å². The molecule has 134 valence electrons. The monoisotopic (exact) mass is 345 g/mol. The molecule has 1 aromatic rings. The third-order valence-corrected chi connectivity index (χ3v) is 4.40. The second-order valence-corrected chi connectivity index (χ2v) is 6.47. The molecule has 0 amide bonds. The summed E-state index contributed by atoms with van der Waals surface area (Å²) < 4.78 is 17.0. The summed E-state index contributed by atoms with van der Waals surface area (Å²) in [5.41, 5.74) is 1.83. The molecule has 3 rings (SSSR count). The normalized spacial score (nSPS) is 22.0. The average Bonchev–Trinajstić information content (AvgIpc) is 2.52. The first-order chi connectivity index (χ1) is 11.9. The second kappa shape index (κ2) is 7.17. The Morgan fingerprint density at radius 3 is 2.76 bits per heavy atom. The highest BCUT2D eigenvalue weighted by Crippen LogP contribution is 2.42. The molecule has 0 spiro atoms. The zero-order chi connectivity index (χ0) is 18.0. The number of nitrogens with zero attached hydrogens (tertiary/aromatic N) is 1. The van der Waals surface area contributed by atoms with E-state index in [1.807, 2.05) is 25.3 Å². The quantitative estimate of drug-likeness (QED) is 0.606. The number of hydrogen-bond acceptors (Lipinski definition) is 6. The minimum Gasteiger partial charge on any atom is -0.486 e. The number of esters is 2. The fourth-order valence-electron chi connectivity index (χ4n) is 3.33. The van der Waals surface area contributed by atoms with Gasteiger partial charge in [0, 0.05) is 45.1 Å². The van der Waals surface area contributed by atoms with E-state index < -0.39 is 0 Å². The van der Waals surface area contributed by atoms with Crippen molar-refractivity contribution in [1.29, 1.82) is 0 Å². The number of ether oxygens (including phenoxy) is 3. The molecule has 4 bridgehead atoms. The van der Waals surface area contributed by atoms with Crippen LogP contribution in [0.25, 0.3) is 6.08 Å². The highest BCUT2D eigenvalue weighted by atomic mass is 16.6. The molecule has 0 N–H and O–H groups in total. The summed E-state index contributed by atoms with van der Waals surface area (Å²) in [6.45, 7) is 3.68. The first-order valence-electron chi connectivity index (χ1n) is 8.52. The summed E-state index contributed by atoms with van der Waals surface area (Å²) in [6.07, 6.45) is 5.68. The van der Waals surface area contributed by atoms with Gasteiger partial charge in [-0.15, -0.1) is 0 Å². The highest BCUT2D eigenvalue weighted by molar-refractivity contribution is 5.79. The maximum absolute atomic E-state index is 11.4. The molecule has 0 unspecified atom stereocenters. The van der Waals surface area contributed by atoms with Crippen molar-refractivity contribution in [2.75, 3.05) is 18.5 Å². The fraction of sp³-hybridized carbons (Fsp3) is 0.474. The van der Waals surface area contributed by atoms with Gasteiger partial charge in [0.05, 0.1) is 0 Å². The van der Waals surface area contributed by atoms with Crippen LogP contribution in [0.4, 0.5) is 5.69 Å². The van der Waals surface area contributed by atoms with Crippen molar-refractivity contribution < 1.29 is 23.8 Å². The number of hydrogen-bond donors (Lipinski definition) is 0. The van der Waals surface area contributed by atoms with Gasteiger partial charge < -0.3 is 19.1 Å². The van der Waals surface area contributed by atoms with Crippen molar-refractivity contribution in [2.45, 2.75) is 45.3 Å². The first-order valence-corrected chi connectivity index (χ1v) is 8.52. The Kier molecular flexibility index (Phi) is 4.97. The highest BCUT2D eigenvalue weighted by Gasteiger charge is 2.28. The van der Waals surface area contributed by atoms with E-state index in [9.17, 15) is 9.59 Å². The van der Waals surface area contributed by atoms with E-state index in [4.69, 9.17) is 14.2 Å². The summed E-state index contributed by atoms with van der Waals surface area (Å²) in [5.74, 6) is 0.295. The van der Waals surface area contributed by atoms with Gasteiger partial charge in [0.2, 0.25) is 0 Å². The Balaban J connectivity index is 2.11. The van der Waals surface area contributed by atoms with Gasteiger partial charge in [-0.2, -0.15) is 0 Å². The molecule has 6 nitrogen and oxygen atoms in total. The Bertz CT molecular complexity index is 712. The molecule has 0 fully saturated rings. The molecule has 1 aromatic carbocycles. The maximum Gasteiger partial charge on any atom is 0.308 e. The molecule has 2 atom stereocenters. The van der Waals surface area contributed by atoms with Crippen LogP contribution in [-0.4, -0.2) is 37.7 Å².